The number of pyridine rings is 1. The molecule has 1 amide bonds. The van der Waals surface area contributed by atoms with Gasteiger partial charge in [0.15, 0.2) is 0 Å². The lowest BCUT2D eigenvalue weighted by molar-refractivity contribution is 0.0493. The van der Waals surface area contributed by atoms with Crippen LogP contribution in [0, 0.1) is 0 Å². The molecule has 0 unspecified atom stereocenters. The molecule has 1 atom stereocenters. The Bertz CT molecular complexity index is 432. The lowest BCUT2D eigenvalue weighted by Gasteiger charge is -2.22. The van der Waals surface area contributed by atoms with Gasteiger partial charge in [0.25, 0.3) is 0 Å². The zero-order chi connectivity index (χ0) is 14.5. The van der Waals surface area contributed by atoms with E-state index in [2.05, 4.69) is 26.2 Å². The Morgan fingerprint density at radius 1 is 1.53 bits per heavy atom. The normalized spacial score (nSPS) is 12.7. The minimum Gasteiger partial charge on any atom is -0.475 e. The predicted octanol–water partition coefficient (Wildman–Crippen LogP) is 3.14. The molecule has 0 aliphatic rings. The van der Waals surface area contributed by atoms with E-state index in [1.54, 1.807) is 12.3 Å². The van der Waals surface area contributed by atoms with E-state index in [-0.39, 0.29) is 6.04 Å². The molecule has 1 aromatic rings. The summed E-state index contributed by atoms with van der Waals surface area (Å²) in [6, 6.07) is 3.47. The van der Waals surface area contributed by atoms with Gasteiger partial charge in [-0.2, -0.15) is 0 Å². The first-order valence-electron chi connectivity index (χ1n) is 6.01. The summed E-state index contributed by atoms with van der Waals surface area (Å²) in [5, 5.41) is 2.70. The highest BCUT2D eigenvalue weighted by Gasteiger charge is 2.18. The molecule has 1 N–H and O–H groups in total. The predicted molar refractivity (Wildman–Crippen MR) is 76.3 cm³/mol. The van der Waals surface area contributed by atoms with Gasteiger partial charge in [-0.1, -0.05) is 0 Å². The van der Waals surface area contributed by atoms with Crippen molar-refractivity contribution in [1.29, 1.82) is 0 Å². The van der Waals surface area contributed by atoms with E-state index in [0.717, 1.165) is 4.47 Å². The molecule has 1 aromatic heterocycles. The number of rotatable bonds is 4. The molecule has 19 heavy (non-hydrogen) atoms. The number of nitrogens with one attached hydrogen (secondary N) is 1. The fraction of sp³-hybridized carbons (Fsp3) is 0.538. The largest absolute Gasteiger partial charge is 0.475 e. The molecule has 5 nitrogen and oxygen atoms in total. The molecule has 0 aromatic carbocycles. The third-order valence-electron chi connectivity index (χ3n) is 1.96. The van der Waals surface area contributed by atoms with Crippen LogP contribution in [0.1, 0.15) is 27.7 Å². The fourth-order valence-corrected chi connectivity index (χ4v) is 1.60. The summed E-state index contributed by atoms with van der Waals surface area (Å²) in [5.41, 5.74) is -0.505. The van der Waals surface area contributed by atoms with Crippen molar-refractivity contribution in [2.24, 2.45) is 0 Å². The summed E-state index contributed by atoms with van der Waals surface area (Å²) in [6.07, 6.45) is 1.19. The maximum atomic E-state index is 11.5. The van der Waals surface area contributed by atoms with Crippen LogP contribution < -0.4 is 10.1 Å². The van der Waals surface area contributed by atoms with E-state index in [4.69, 9.17) is 9.47 Å². The van der Waals surface area contributed by atoms with Crippen molar-refractivity contribution in [2.75, 3.05) is 6.61 Å². The second-order valence-electron chi connectivity index (χ2n) is 5.15. The Hall–Kier alpha value is -1.30. The van der Waals surface area contributed by atoms with Crippen LogP contribution in [0.5, 0.6) is 5.88 Å². The monoisotopic (exact) mass is 330 g/mol. The van der Waals surface area contributed by atoms with Crippen LogP contribution in [0.3, 0.4) is 0 Å². The number of alkyl carbamates (subject to hydrolysis) is 1. The molecule has 1 heterocycles. The van der Waals surface area contributed by atoms with E-state index < -0.39 is 11.7 Å². The molecule has 0 aliphatic heterocycles. The topological polar surface area (TPSA) is 60.5 Å². The van der Waals surface area contributed by atoms with E-state index in [0.29, 0.717) is 12.5 Å². The van der Waals surface area contributed by atoms with E-state index >= 15 is 0 Å². The molecule has 0 saturated carbocycles. The van der Waals surface area contributed by atoms with Gasteiger partial charge in [0.05, 0.1) is 10.5 Å². The Morgan fingerprint density at radius 2 is 2.21 bits per heavy atom. The Kier molecular flexibility index (Phi) is 5.60. The van der Waals surface area contributed by atoms with Crippen LogP contribution in [0.25, 0.3) is 0 Å². The van der Waals surface area contributed by atoms with Gasteiger partial charge in [-0.3, -0.25) is 0 Å². The van der Waals surface area contributed by atoms with Gasteiger partial charge in [0, 0.05) is 6.20 Å². The molecule has 0 saturated heterocycles. The van der Waals surface area contributed by atoms with Gasteiger partial charge in [-0.15, -0.1) is 0 Å². The highest BCUT2D eigenvalue weighted by atomic mass is 79.9. The van der Waals surface area contributed by atoms with Crippen molar-refractivity contribution in [1.82, 2.24) is 10.3 Å². The average Bonchev–Trinajstić information content (AvgIpc) is 2.25. The summed E-state index contributed by atoms with van der Waals surface area (Å²) in [6.45, 7) is 7.60. The second kappa shape index (κ2) is 6.75. The van der Waals surface area contributed by atoms with Crippen molar-refractivity contribution in [2.45, 2.75) is 39.3 Å². The second-order valence-corrected chi connectivity index (χ2v) is 6.00. The third-order valence-corrected chi connectivity index (χ3v) is 2.56. The summed E-state index contributed by atoms with van der Waals surface area (Å²) in [4.78, 5) is 15.6. The summed E-state index contributed by atoms with van der Waals surface area (Å²) >= 11 is 3.34. The first-order chi connectivity index (χ1) is 8.78. The highest BCUT2D eigenvalue weighted by Crippen LogP contribution is 2.20. The zero-order valence-corrected chi connectivity index (χ0v) is 13.2. The molecule has 0 spiro atoms. The van der Waals surface area contributed by atoms with Crippen LogP contribution in [-0.4, -0.2) is 29.3 Å². The molecule has 0 aliphatic carbocycles. The van der Waals surface area contributed by atoms with Gasteiger partial charge in [-0.25, -0.2) is 9.78 Å². The van der Waals surface area contributed by atoms with E-state index in [1.807, 2.05) is 33.8 Å². The minimum absolute atomic E-state index is 0.177. The maximum absolute atomic E-state index is 11.5. The van der Waals surface area contributed by atoms with Crippen LogP contribution in [0.4, 0.5) is 4.79 Å². The number of carbonyl (C=O) groups excluding carboxylic acids is 1. The molecular weight excluding hydrogens is 312 g/mol. The smallest absolute Gasteiger partial charge is 0.407 e. The molecule has 0 radical (unpaired) electrons. The van der Waals surface area contributed by atoms with Gasteiger partial charge >= 0.3 is 6.09 Å². The molecule has 0 fully saturated rings. The Balaban J connectivity index is 2.38. The minimum atomic E-state index is -0.505. The quantitative estimate of drug-likeness (QED) is 0.921. The van der Waals surface area contributed by atoms with Crippen molar-refractivity contribution in [3.8, 4) is 5.88 Å². The number of carbonyl (C=O) groups is 1. The van der Waals surface area contributed by atoms with Crippen LogP contribution in [-0.2, 0) is 4.74 Å². The zero-order valence-electron chi connectivity index (χ0n) is 11.6. The van der Waals surface area contributed by atoms with Crippen molar-refractivity contribution in [3.05, 3.63) is 22.8 Å². The standard InChI is InChI=1S/C13H19BrN2O3/c1-9(16-12(17)19-13(2,3)4)8-18-11-10(14)6-5-7-15-11/h5-7,9H,8H2,1-4H3,(H,16,17)/t9-/m0/s1. The van der Waals surface area contributed by atoms with Crippen LogP contribution >= 0.6 is 15.9 Å². The maximum Gasteiger partial charge on any atom is 0.407 e. The number of aromatic nitrogens is 1. The van der Waals surface area contributed by atoms with Gasteiger partial charge < -0.3 is 14.8 Å². The summed E-state index contributed by atoms with van der Waals surface area (Å²) in [5.74, 6) is 0.500. The van der Waals surface area contributed by atoms with Crippen LogP contribution in [0.2, 0.25) is 0 Å². The molecule has 106 valence electrons. The Morgan fingerprint density at radius 3 is 2.79 bits per heavy atom. The number of halogens is 1. The number of hydrogen-bond donors (Lipinski definition) is 1. The lowest BCUT2D eigenvalue weighted by Crippen LogP contribution is -2.40. The Labute approximate surface area is 121 Å². The van der Waals surface area contributed by atoms with Gasteiger partial charge in [-0.05, 0) is 55.8 Å². The van der Waals surface area contributed by atoms with E-state index in [9.17, 15) is 4.79 Å². The van der Waals surface area contributed by atoms with E-state index in [1.165, 1.54) is 0 Å². The summed E-state index contributed by atoms with van der Waals surface area (Å²) in [7, 11) is 0. The highest BCUT2D eigenvalue weighted by molar-refractivity contribution is 9.10. The average molecular weight is 331 g/mol. The first kappa shape index (κ1) is 15.8. The molecule has 1 rings (SSSR count). The van der Waals surface area contributed by atoms with Crippen molar-refractivity contribution >= 4 is 22.0 Å². The first-order valence-corrected chi connectivity index (χ1v) is 6.80. The molecular formula is C13H19BrN2O3. The fourth-order valence-electron chi connectivity index (χ4n) is 1.23. The summed E-state index contributed by atoms with van der Waals surface area (Å²) < 4.78 is 11.4. The number of nitrogens with zero attached hydrogens (tertiary/aromatic N) is 1. The molecule has 0 bridgehead atoms. The number of ether oxygens (including phenoxy) is 2. The van der Waals surface area contributed by atoms with Gasteiger partial charge in [0.1, 0.15) is 12.2 Å². The number of hydrogen-bond acceptors (Lipinski definition) is 4. The molecule has 6 heteroatoms. The lowest BCUT2D eigenvalue weighted by atomic mass is 10.2. The van der Waals surface area contributed by atoms with Gasteiger partial charge in [0.2, 0.25) is 5.88 Å². The van der Waals surface area contributed by atoms with Crippen LogP contribution in [0.15, 0.2) is 22.8 Å². The number of amides is 1. The van der Waals surface area contributed by atoms with Crippen molar-refractivity contribution < 1.29 is 14.3 Å². The SMILES string of the molecule is C[C@@H](COc1ncccc1Br)NC(=O)OC(C)(C)C. The third kappa shape index (κ3) is 6.42. The van der Waals surface area contributed by atoms with Crippen molar-refractivity contribution in [3.63, 3.8) is 0 Å².